The number of alkyl halides is 1. The minimum absolute atomic E-state index is 0.0205. The summed E-state index contributed by atoms with van der Waals surface area (Å²) in [5.41, 5.74) is 0.695. The quantitative estimate of drug-likeness (QED) is 0.679. The number of sulfonamides is 1. The number of hydrogen-bond donors (Lipinski definition) is 1. The zero-order valence-corrected chi connectivity index (χ0v) is 18.8. The largest absolute Gasteiger partial charge is 0.359 e. The Balaban J connectivity index is 1.63. The Bertz CT molecular complexity index is 1040. The molecule has 1 aliphatic carbocycles. The van der Waals surface area contributed by atoms with Gasteiger partial charge in [0.05, 0.1) is 36.3 Å². The van der Waals surface area contributed by atoms with E-state index >= 15 is 4.39 Å². The van der Waals surface area contributed by atoms with Gasteiger partial charge in [0.2, 0.25) is 10.0 Å². The first-order valence-corrected chi connectivity index (χ1v) is 12.6. The van der Waals surface area contributed by atoms with Gasteiger partial charge in [0, 0.05) is 18.5 Å². The summed E-state index contributed by atoms with van der Waals surface area (Å²) in [7, 11) is -3.64. The van der Waals surface area contributed by atoms with Crippen LogP contribution in [0.25, 0.3) is 0 Å². The Kier molecular flexibility index (Phi) is 5.78. The maximum absolute atomic E-state index is 15.3. The van der Waals surface area contributed by atoms with Crippen LogP contribution in [-0.2, 0) is 16.4 Å². The topological polar surface area (TPSA) is 52.6 Å². The van der Waals surface area contributed by atoms with Crippen molar-refractivity contribution < 1.29 is 17.2 Å². The lowest BCUT2D eigenvalue weighted by Crippen LogP contribution is -2.50. The molecule has 2 aliphatic heterocycles. The average molecular weight is 450 g/mol. The van der Waals surface area contributed by atoms with Gasteiger partial charge in [-0.2, -0.15) is 0 Å². The minimum Gasteiger partial charge on any atom is -0.359 e. The zero-order chi connectivity index (χ0) is 22.4. The number of halogens is 2. The molecule has 0 bridgehead atoms. The lowest BCUT2D eigenvalue weighted by atomic mass is 9.97. The van der Waals surface area contributed by atoms with E-state index < -0.39 is 34.1 Å². The van der Waals surface area contributed by atoms with E-state index in [9.17, 15) is 12.8 Å². The molecular weight excluding hydrogens is 420 g/mol. The highest BCUT2D eigenvalue weighted by molar-refractivity contribution is 7.88. The van der Waals surface area contributed by atoms with Crippen molar-refractivity contribution in [2.75, 3.05) is 25.9 Å². The number of nitrogens with one attached hydrogen (secondary N) is 1. The highest BCUT2D eigenvalue weighted by Crippen LogP contribution is 2.44. The van der Waals surface area contributed by atoms with Crippen LogP contribution in [0.1, 0.15) is 37.3 Å². The van der Waals surface area contributed by atoms with Crippen LogP contribution >= 0.6 is 0 Å². The van der Waals surface area contributed by atoms with E-state index in [2.05, 4.69) is 30.1 Å². The molecule has 8 heteroatoms. The average Bonchev–Trinajstić information content (AvgIpc) is 3.30. The number of nitrogens with zero attached hydrogens (tertiary/aromatic N) is 2. The molecule has 3 unspecified atom stereocenters. The van der Waals surface area contributed by atoms with Crippen molar-refractivity contribution in [2.24, 2.45) is 5.41 Å². The van der Waals surface area contributed by atoms with E-state index in [0.29, 0.717) is 16.9 Å². The number of benzene rings is 1. The predicted octanol–water partition coefficient (Wildman–Crippen LogP) is 2.64. The summed E-state index contributed by atoms with van der Waals surface area (Å²) in [6.07, 6.45) is 2.83. The normalized spacial score (nSPS) is 26.8. The summed E-state index contributed by atoms with van der Waals surface area (Å²) < 4.78 is 56.4. The van der Waals surface area contributed by atoms with Crippen LogP contribution in [0.5, 0.6) is 0 Å². The molecule has 0 amide bonds. The second kappa shape index (κ2) is 8.10. The molecule has 4 rings (SSSR count). The summed E-state index contributed by atoms with van der Waals surface area (Å²) in [5, 5.41) is 0. The zero-order valence-electron chi connectivity index (χ0n) is 18.0. The van der Waals surface area contributed by atoms with Crippen molar-refractivity contribution in [2.45, 2.75) is 50.9 Å². The van der Waals surface area contributed by atoms with Gasteiger partial charge >= 0.3 is 0 Å². The minimum atomic E-state index is -3.64. The first kappa shape index (κ1) is 22.1. The SMILES string of the molecule is C=C(N1CCC1)N1CC(F)C(NS(C)(=O)=O)C1Cc1cccc(C#CC2(C)CC2)c1F. The Morgan fingerprint density at radius 1 is 1.35 bits per heavy atom. The molecule has 168 valence electrons. The number of rotatable bonds is 6. The second-order valence-electron chi connectivity index (χ2n) is 9.20. The smallest absolute Gasteiger partial charge is 0.209 e. The van der Waals surface area contributed by atoms with E-state index in [1.54, 1.807) is 23.1 Å². The Labute approximate surface area is 183 Å². The van der Waals surface area contributed by atoms with Crippen LogP contribution in [0.15, 0.2) is 30.6 Å². The third kappa shape index (κ3) is 4.88. The van der Waals surface area contributed by atoms with Crippen LogP contribution in [0.2, 0.25) is 0 Å². The highest BCUT2D eigenvalue weighted by atomic mass is 32.2. The number of hydrogen-bond acceptors (Lipinski definition) is 4. The first-order chi connectivity index (χ1) is 14.6. The standard InChI is InChI=1S/C23H29F2N3O2S/c1-16(27-12-5-13-27)28-15-19(24)22(26-31(3,29)30)20(28)14-18-7-4-6-17(21(18)25)8-9-23(2)10-11-23/h4,6-7,19-20,22,26H,1,5,10-15H2,2-3H3. The molecule has 1 aromatic rings. The lowest BCUT2D eigenvalue weighted by molar-refractivity contribution is 0.140. The third-order valence-electron chi connectivity index (χ3n) is 6.49. The van der Waals surface area contributed by atoms with Crippen molar-refractivity contribution in [1.82, 2.24) is 14.5 Å². The summed E-state index contributed by atoms with van der Waals surface area (Å²) in [4.78, 5) is 3.83. The van der Waals surface area contributed by atoms with E-state index in [1.165, 1.54) is 0 Å². The van der Waals surface area contributed by atoms with Crippen molar-refractivity contribution in [1.29, 1.82) is 0 Å². The predicted molar refractivity (Wildman–Crippen MR) is 117 cm³/mol. The molecule has 2 saturated heterocycles. The Morgan fingerprint density at radius 2 is 2.06 bits per heavy atom. The molecule has 1 N–H and O–H groups in total. The lowest BCUT2D eigenvalue weighted by Gasteiger charge is -2.41. The maximum Gasteiger partial charge on any atom is 0.209 e. The van der Waals surface area contributed by atoms with Gasteiger partial charge in [-0.05, 0) is 44.2 Å². The summed E-state index contributed by atoms with van der Waals surface area (Å²) in [6.45, 7) is 7.86. The van der Waals surface area contributed by atoms with Gasteiger partial charge in [-0.15, -0.1) is 0 Å². The summed E-state index contributed by atoms with van der Waals surface area (Å²) in [5.74, 6) is 6.34. The molecule has 1 aromatic carbocycles. The monoisotopic (exact) mass is 449 g/mol. The Morgan fingerprint density at radius 3 is 2.65 bits per heavy atom. The van der Waals surface area contributed by atoms with Crippen LogP contribution in [0.3, 0.4) is 0 Å². The fourth-order valence-electron chi connectivity index (χ4n) is 4.15. The second-order valence-corrected chi connectivity index (χ2v) is 11.0. The fourth-order valence-corrected chi connectivity index (χ4v) is 4.95. The van der Waals surface area contributed by atoms with Gasteiger partial charge in [0.15, 0.2) is 0 Å². The molecule has 2 heterocycles. The van der Waals surface area contributed by atoms with Gasteiger partial charge in [0.1, 0.15) is 12.0 Å². The third-order valence-corrected chi connectivity index (χ3v) is 7.19. The van der Waals surface area contributed by atoms with Crippen molar-refractivity contribution in [3.05, 3.63) is 47.5 Å². The molecule has 31 heavy (non-hydrogen) atoms. The molecule has 0 radical (unpaired) electrons. The summed E-state index contributed by atoms with van der Waals surface area (Å²) in [6, 6.07) is 3.48. The highest BCUT2D eigenvalue weighted by Gasteiger charge is 2.45. The molecule has 3 fully saturated rings. The van der Waals surface area contributed by atoms with Crippen LogP contribution in [0.4, 0.5) is 8.78 Å². The van der Waals surface area contributed by atoms with Crippen molar-refractivity contribution in [3.8, 4) is 11.8 Å². The summed E-state index contributed by atoms with van der Waals surface area (Å²) >= 11 is 0. The number of likely N-dealkylation sites (tertiary alicyclic amines) is 2. The molecule has 3 atom stereocenters. The first-order valence-electron chi connectivity index (χ1n) is 10.7. The van der Waals surface area contributed by atoms with Gasteiger partial charge in [-0.3, -0.25) is 0 Å². The molecule has 0 spiro atoms. The van der Waals surface area contributed by atoms with Gasteiger partial charge in [0.25, 0.3) is 0 Å². The van der Waals surface area contributed by atoms with Gasteiger partial charge in [-0.25, -0.2) is 21.9 Å². The van der Waals surface area contributed by atoms with Crippen molar-refractivity contribution in [3.63, 3.8) is 0 Å². The van der Waals surface area contributed by atoms with E-state index in [4.69, 9.17) is 0 Å². The molecule has 3 aliphatic rings. The fraction of sp³-hybridized carbons (Fsp3) is 0.565. The van der Waals surface area contributed by atoms with Gasteiger partial charge in [-0.1, -0.05) is 30.6 Å². The van der Waals surface area contributed by atoms with Crippen LogP contribution in [0, 0.1) is 23.1 Å². The molecular formula is C23H29F2N3O2S. The van der Waals surface area contributed by atoms with Crippen LogP contribution < -0.4 is 4.72 Å². The van der Waals surface area contributed by atoms with Crippen molar-refractivity contribution >= 4 is 10.0 Å². The Hall–Kier alpha value is -2.11. The van der Waals surface area contributed by atoms with Crippen LogP contribution in [-0.4, -0.2) is 62.4 Å². The molecule has 0 aromatic heterocycles. The van der Waals surface area contributed by atoms with E-state index in [-0.39, 0.29) is 18.4 Å². The van der Waals surface area contributed by atoms with E-state index in [0.717, 1.165) is 38.6 Å². The maximum atomic E-state index is 15.3. The van der Waals surface area contributed by atoms with E-state index in [1.807, 2.05) is 4.90 Å². The molecule has 1 saturated carbocycles. The molecule has 5 nitrogen and oxygen atoms in total. The van der Waals surface area contributed by atoms with Gasteiger partial charge < -0.3 is 9.80 Å².